The second-order valence-electron chi connectivity index (χ2n) is 7.27. The maximum Gasteiger partial charge on any atom is 0.262 e. The molecule has 1 aliphatic heterocycles. The van der Waals surface area contributed by atoms with Crippen molar-refractivity contribution < 1.29 is 23.5 Å². The van der Waals surface area contributed by atoms with E-state index in [1.54, 1.807) is 42.6 Å². The van der Waals surface area contributed by atoms with Crippen LogP contribution in [0.2, 0.25) is 0 Å². The van der Waals surface area contributed by atoms with Crippen LogP contribution in [0.3, 0.4) is 0 Å². The Kier molecular flexibility index (Phi) is 7.11. The van der Waals surface area contributed by atoms with Gasteiger partial charge < -0.3 is 25.0 Å². The minimum Gasteiger partial charge on any atom is -0.483 e. The molecule has 1 fully saturated rings. The number of amides is 2. The molecule has 0 bridgehead atoms. The Balaban J connectivity index is 1.36. The van der Waals surface area contributed by atoms with Gasteiger partial charge in [0.1, 0.15) is 17.4 Å². The van der Waals surface area contributed by atoms with Gasteiger partial charge in [0, 0.05) is 13.1 Å². The lowest BCUT2D eigenvalue weighted by Gasteiger charge is -2.27. The highest BCUT2D eigenvalue weighted by Gasteiger charge is 2.16. The van der Waals surface area contributed by atoms with Crippen molar-refractivity contribution in [3.05, 3.63) is 78.2 Å². The topological polar surface area (TPSA) is 92.8 Å². The van der Waals surface area contributed by atoms with Gasteiger partial charge in [-0.2, -0.15) is 0 Å². The zero-order valence-electron chi connectivity index (χ0n) is 17.8. The Morgan fingerprint density at radius 2 is 1.76 bits per heavy atom. The third-order valence-corrected chi connectivity index (χ3v) is 4.98. The van der Waals surface area contributed by atoms with Crippen molar-refractivity contribution in [3.63, 3.8) is 0 Å². The van der Waals surface area contributed by atoms with Gasteiger partial charge in [-0.25, -0.2) is 9.37 Å². The van der Waals surface area contributed by atoms with Crippen molar-refractivity contribution in [2.24, 2.45) is 0 Å². The fraction of sp³-hybridized carbons (Fsp3) is 0.208. The van der Waals surface area contributed by atoms with Crippen molar-refractivity contribution in [1.29, 1.82) is 0 Å². The molecule has 8 nitrogen and oxygen atoms in total. The molecule has 1 aliphatic rings. The summed E-state index contributed by atoms with van der Waals surface area (Å²) in [6, 6.07) is 16.0. The van der Waals surface area contributed by atoms with Gasteiger partial charge in [-0.05, 0) is 36.4 Å². The van der Waals surface area contributed by atoms with Gasteiger partial charge in [-0.15, -0.1) is 0 Å². The maximum atomic E-state index is 13.7. The number of pyridine rings is 1. The number of anilines is 3. The summed E-state index contributed by atoms with van der Waals surface area (Å²) in [6.07, 6.45) is 1.59. The number of nitrogens with one attached hydrogen (secondary N) is 2. The molecule has 3 aromatic rings. The summed E-state index contributed by atoms with van der Waals surface area (Å²) in [7, 11) is 0. The van der Waals surface area contributed by atoms with E-state index in [0.717, 1.165) is 18.9 Å². The molecule has 0 radical (unpaired) electrons. The van der Waals surface area contributed by atoms with E-state index in [1.807, 2.05) is 6.07 Å². The van der Waals surface area contributed by atoms with Crippen LogP contribution in [0, 0.1) is 5.82 Å². The summed E-state index contributed by atoms with van der Waals surface area (Å²) >= 11 is 0. The second-order valence-corrected chi connectivity index (χ2v) is 7.27. The number of hydrogen-bond acceptors (Lipinski definition) is 6. The molecule has 2 heterocycles. The first kappa shape index (κ1) is 22.2. The predicted octanol–water partition coefficient (Wildman–Crippen LogP) is 3.33. The highest BCUT2D eigenvalue weighted by Crippen LogP contribution is 2.21. The van der Waals surface area contributed by atoms with Gasteiger partial charge in [-0.1, -0.05) is 24.3 Å². The van der Waals surface area contributed by atoms with Crippen LogP contribution in [0.1, 0.15) is 10.4 Å². The van der Waals surface area contributed by atoms with E-state index in [1.165, 1.54) is 18.2 Å². The number of nitrogens with zero attached hydrogens (tertiary/aromatic N) is 2. The molecule has 0 saturated carbocycles. The minimum atomic E-state index is -0.543. The first-order chi connectivity index (χ1) is 16.1. The maximum absolute atomic E-state index is 13.7. The van der Waals surface area contributed by atoms with Crippen LogP contribution in [-0.2, 0) is 9.53 Å². The summed E-state index contributed by atoms with van der Waals surface area (Å²) in [6.45, 7) is 2.49. The van der Waals surface area contributed by atoms with E-state index in [4.69, 9.17) is 9.47 Å². The minimum absolute atomic E-state index is 0.0603. The molecule has 0 aliphatic carbocycles. The number of carbonyl (C=O) groups excluding carboxylic acids is 2. The number of halogens is 1. The molecule has 2 N–H and O–H groups in total. The number of rotatable bonds is 7. The lowest BCUT2D eigenvalue weighted by Crippen LogP contribution is -2.36. The third kappa shape index (κ3) is 5.83. The van der Waals surface area contributed by atoms with Crippen LogP contribution >= 0.6 is 0 Å². The molecule has 0 atom stereocenters. The van der Waals surface area contributed by atoms with Gasteiger partial charge in [0.05, 0.1) is 36.3 Å². The highest BCUT2D eigenvalue weighted by atomic mass is 19.1. The molecule has 2 amide bonds. The Labute approximate surface area is 190 Å². The fourth-order valence-electron chi connectivity index (χ4n) is 3.31. The number of morpholine rings is 1. The molecular formula is C24H23FN4O4. The van der Waals surface area contributed by atoms with E-state index >= 15 is 0 Å². The lowest BCUT2D eigenvalue weighted by atomic mass is 10.2. The molecule has 0 spiro atoms. The Bertz CT molecular complexity index is 1120. The first-order valence-electron chi connectivity index (χ1n) is 10.5. The average molecular weight is 450 g/mol. The van der Waals surface area contributed by atoms with E-state index < -0.39 is 17.6 Å². The van der Waals surface area contributed by atoms with Crippen LogP contribution in [0.4, 0.5) is 21.6 Å². The van der Waals surface area contributed by atoms with Crippen molar-refractivity contribution in [3.8, 4) is 5.75 Å². The molecule has 170 valence electrons. The normalized spacial score (nSPS) is 13.3. The van der Waals surface area contributed by atoms with Crippen molar-refractivity contribution in [2.75, 3.05) is 48.4 Å². The fourth-order valence-corrected chi connectivity index (χ4v) is 3.31. The van der Waals surface area contributed by atoms with Crippen molar-refractivity contribution in [1.82, 2.24) is 4.98 Å². The number of aromatic nitrogens is 1. The predicted molar refractivity (Wildman–Crippen MR) is 122 cm³/mol. The molecule has 1 aromatic heterocycles. The van der Waals surface area contributed by atoms with Crippen LogP contribution in [-0.4, -0.2) is 49.7 Å². The lowest BCUT2D eigenvalue weighted by molar-refractivity contribution is -0.118. The van der Waals surface area contributed by atoms with Crippen LogP contribution in [0.25, 0.3) is 0 Å². The molecule has 33 heavy (non-hydrogen) atoms. The third-order valence-electron chi connectivity index (χ3n) is 4.98. The Morgan fingerprint density at radius 3 is 2.52 bits per heavy atom. The Morgan fingerprint density at radius 1 is 1.00 bits per heavy atom. The molecule has 2 aromatic carbocycles. The summed E-state index contributed by atoms with van der Waals surface area (Å²) < 4.78 is 24.6. The summed E-state index contributed by atoms with van der Waals surface area (Å²) in [5, 5.41) is 5.23. The zero-order chi connectivity index (χ0) is 23.0. The van der Waals surface area contributed by atoms with Gasteiger partial charge in [-0.3, -0.25) is 9.59 Å². The monoisotopic (exact) mass is 450 g/mol. The van der Waals surface area contributed by atoms with E-state index in [2.05, 4.69) is 20.5 Å². The van der Waals surface area contributed by atoms with Gasteiger partial charge >= 0.3 is 0 Å². The summed E-state index contributed by atoms with van der Waals surface area (Å²) in [5.41, 5.74) is 0.850. The molecule has 9 heteroatoms. The molecule has 4 rings (SSSR count). The molecular weight excluding hydrogens is 427 g/mol. The average Bonchev–Trinajstić information content (AvgIpc) is 2.85. The van der Waals surface area contributed by atoms with Crippen molar-refractivity contribution >= 4 is 29.0 Å². The first-order valence-corrected chi connectivity index (χ1v) is 10.5. The van der Waals surface area contributed by atoms with E-state index in [9.17, 15) is 14.0 Å². The van der Waals surface area contributed by atoms with Crippen molar-refractivity contribution in [2.45, 2.75) is 0 Å². The number of ether oxygens (including phenoxy) is 2. The number of carbonyl (C=O) groups is 2. The largest absolute Gasteiger partial charge is 0.483 e. The van der Waals surface area contributed by atoms with Gasteiger partial charge in [0.15, 0.2) is 6.61 Å². The van der Waals surface area contributed by atoms with Gasteiger partial charge in [0.2, 0.25) is 0 Å². The summed E-state index contributed by atoms with van der Waals surface area (Å²) in [4.78, 5) is 31.5. The van der Waals surface area contributed by atoms with Crippen LogP contribution < -0.4 is 20.3 Å². The number of hydrogen-bond donors (Lipinski definition) is 2. The standard InChI is InChI=1S/C24H23FN4O4/c25-19-6-2-3-7-20(19)28-23(30)16-33-21-8-4-1-5-18(21)24(31)27-17-9-10-22(26-15-17)29-11-13-32-14-12-29/h1-10,15H,11-14,16H2,(H,27,31)(H,28,30). The van der Waals surface area contributed by atoms with Crippen LogP contribution in [0.5, 0.6) is 5.75 Å². The van der Waals surface area contributed by atoms with Gasteiger partial charge in [0.25, 0.3) is 11.8 Å². The van der Waals surface area contributed by atoms with Crippen LogP contribution in [0.15, 0.2) is 66.9 Å². The summed E-state index contributed by atoms with van der Waals surface area (Å²) in [5.74, 6) is -0.435. The number of benzene rings is 2. The highest BCUT2D eigenvalue weighted by molar-refractivity contribution is 6.06. The Hall–Kier alpha value is -3.98. The molecule has 1 saturated heterocycles. The van der Waals surface area contributed by atoms with E-state index in [-0.39, 0.29) is 23.6 Å². The molecule has 0 unspecified atom stereocenters. The quantitative estimate of drug-likeness (QED) is 0.574. The zero-order valence-corrected chi connectivity index (χ0v) is 17.8. The second kappa shape index (κ2) is 10.6. The smallest absolute Gasteiger partial charge is 0.262 e. The van der Waals surface area contributed by atoms with E-state index in [0.29, 0.717) is 18.9 Å². The number of para-hydroxylation sites is 2. The SMILES string of the molecule is O=C(COc1ccccc1C(=O)Nc1ccc(N2CCOCC2)nc1)Nc1ccccc1F.